The highest BCUT2D eigenvalue weighted by Crippen LogP contribution is 2.34. The van der Waals surface area contributed by atoms with E-state index in [-0.39, 0.29) is 0 Å². The number of thiol groups is 1. The van der Waals surface area contributed by atoms with Gasteiger partial charge in [-0.1, -0.05) is 41.1 Å². The van der Waals surface area contributed by atoms with E-state index in [1.54, 1.807) is 7.11 Å². The highest BCUT2D eigenvalue weighted by Gasteiger charge is 2.05. The molecular formula is C13H12OS2. The Labute approximate surface area is 105 Å². The summed E-state index contributed by atoms with van der Waals surface area (Å²) in [5.74, 6) is 0.880. The van der Waals surface area contributed by atoms with Crippen LogP contribution in [-0.2, 0) is 0 Å². The molecule has 0 bridgehead atoms. The lowest BCUT2D eigenvalue weighted by Gasteiger charge is -2.09. The fourth-order valence-electron chi connectivity index (χ4n) is 1.58. The van der Waals surface area contributed by atoms with Gasteiger partial charge in [0.05, 0.1) is 7.11 Å². The summed E-state index contributed by atoms with van der Waals surface area (Å²) in [7, 11) is 3.11. The second kappa shape index (κ2) is 5.32. The van der Waals surface area contributed by atoms with Crippen LogP contribution in [0.4, 0.5) is 0 Å². The molecule has 0 aromatic heterocycles. The van der Waals surface area contributed by atoms with Gasteiger partial charge in [0.1, 0.15) is 5.75 Å². The van der Waals surface area contributed by atoms with Crippen LogP contribution in [0.3, 0.4) is 0 Å². The van der Waals surface area contributed by atoms with E-state index >= 15 is 0 Å². The molecule has 0 N–H and O–H groups in total. The first kappa shape index (κ1) is 11.4. The molecule has 2 rings (SSSR count). The third-order valence-electron chi connectivity index (χ3n) is 2.36. The number of methoxy groups -OCH3 is 1. The van der Waals surface area contributed by atoms with Crippen LogP contribution in [0.2, 0.25) is 0 Å². The van der Waals surface area contributed by atoms with E-state index in [4.69, 9.17) is 4.74 Å². The Morgan fingerprint density at radius 1 is 1.06 bits per heavy atom. The fraction of sp³-hybridized carbons (Fsp3) is 0.0769. The predicted octanol–water partition coefficient (Wildman–Crippen LogP) is 4.30. The van der Waals surface area contributed by atoms with E-state index < -0.39 is 0 Å². The second-order valence-electron chi connectivity index (χ2n) is 3.32. The summed E-state index contributed by atoms with van der Waals surface area (Å²) < 4.78 is 5.39. The van der Waals surface area contributed by atoms with Crippen molar-refractivity contribution >= 4 is 22.5 Å². The molecule has 0 aliphatic heterocycles. The van der Waals surface area contributed by atoms with E-state index in [2.05, 4.69) is 29.9 Å². The normalized spacial score (nSPS) is 10.1. The summed E-state index contributed by atoms with van der Waals surface area (Å²) in [6, 6.07) is 16.3. The van der Waals surface area contributed by atoms with Crippen LogP contribution in [0, 0.1) is 0 Å². The molecule has 0 heterocycles. The Morgan fingerprint density at radius 3 is 2.44 bits per heavy atom. The van der Waals surface area contributed by atoms with Crippen LogP contribution in [0.15, 0.2) is 53.4 Å². The summed E-state index contributed by atoms with van der Waals surface area (Å²) in [4.78, 5) is 1.08. The third kappa shape index (κ3) is 2.36. The molecule has 0 atom stereocenters. The number of hydrogen-bond donors (Lipinski definition) is 1. The molecule has 2 aromatic carbocycles. The van der Waals surface area contributed by atoms with Crippen molar-refractivity contribution in [2.45, 2.75) is 4.90 Å². The summed E-state index contributed by atoms with van der Waals surface area (Å²) in [5, 5.41) is 0. The Balaban J connectivity index is 2.49. The van der Waals surface area contributed by atoms with Crippen LogP contribution >= 0.6 is 22.5 Å². The van der Waals surface area contributed by atoms with E-state index in [0.29, 0.717) is 0 Å². The smallest absolute Gasteiger partial charge is 0.127 e. The predicted molar refractivity (Wildman–Crippen MR) is 73.3 cm³/mol. The Kier molecular flexibility index (Phi) is 3.80. The van der Waals surface area contributed by atoms with Gasteiger partial charge in [-0.2, -0.15) is 0 Å². The molecule has 82 valence electrons. The zero-order chi connectivity index (χ0) is 11.4. The summed E-state index contributed by atoms with van der Waals surface area (Å²) in [6.45, 7) is 0. The first-order chi connectivity index (χ1) is 7.85. The van der Waals surface area contributed by atoms with Gasteiger partial charge in [-0.05, 0) is 23.8 Å². The molecule has 0 spiro atoms. The molecule has 0 aliphatic rings. The quantitative estimate of drug-likeness (QED) is 0.640. The van der Waals surface area contributed by atoms with Crippen molar-refractivity contribution < 1.29 is 4.74 Å². The first-order valence-electron chi connectivity index (χ1n) is 4.90. The Hall–Kier alpha value is -1.06. The van der Waals surface area contributed by atoms with Gasteiger partial charge in [0.2, 0.25) is 0 Å². The lowest BCUT2D eigenvalue weighted by molar-refractivity contribution is 0.415. The minimum atomic E-state index is 0.880. The van der Waals surface area contributed by atoms with Crippen molar-refractivity contribution in [2.24, 2.45) is 0 Å². The van der Waals surface area contributed by atoms with Crippen LogP contribution in [-0.4, -0.2) is 7.11 Å². The van der Waals surface area contributed by atoms with Crippen molar-refractivity contribution in [3.05, 3.63) is 48.5 Å². The standard InChI is InChI=1S/C13H12OS2/c1-14-13-9-11(16-15)7-8-12(13)10-5-3-2-4-6-10/h2-9,15H,1H3. The summed E-state index contributed by atoms with van der Waals surface area (Å²) >= 11 is 4.18. The lowest BCUT2D eigenvalue weighted by atomic mass is 10.1. The largest absolute Gasteiger partial charge is 0.496 e. The van der Waals surface area contributed by atoms with Crippen molar-refractivity contribution in [1.82, 2.24) is 0 Å². The van der Waals surface area contributed by atoms with Gasteiger partial charge in [-0.15, -0.1) is 11.7 Å². The maximum absolute atomic E-state index is 5.39. The first-order valence-corrected chi connectivity index (χ1v) is 6.77. The van der Waals surface area contributed by atoms with E-state index in [9.17, 15) is 0 Å². The van der Waals surface area contributed by atoms with Gasteiger partial charge in [0.15, 0.2) is 0 Å². The molecule has 0 saturated carbocycles. The fourth-order valence-corrected chi connectivity index (χ4v) is 2.21. The molecule has 0 unspecified atom stereocenters. The van der Waals surface area contributed by atoms with Crippen LogP contribution in [0.5, 0.6) is 5.75 Å². The molecule has 16 heavy (non-hydrogen) atoms. The Morgan fingerprint density at radius 2 is 1.81 bits per heavy atom. The maximum Gasteiger partial charge on any atom is 0.127 e. The van der Waals surface area contributed by atoms with E-state index in [1.807, 2.05) is 30.3 Å². The van der Waals surface area contributed by atoms with Crippen molar-refractivity contribution in [2.75, 3.05) is 7.11 Å². The van der Waals surface area contributed by atoms with Crippen molar-refractivity contribution in [3.8, 4) is 16.9 Å². The van der Waals surface area contributed by atoms with Crippen molar-refractivity contribution in [1.29, 1.82) is 0 Å². The van der Waals surface area contributed by atoms with Gasteiger partial charge < -0.3 is 4.74 Å². The minimum Gasteiger partial charge on any atom is -0.496 e. The minimum absolute atomic E-state index is 0.880. The third-order valence-corrected chi connectivity index (χ3v) is 3.46. The van der Waals surface area contributed by atoms with Gasteiger partial charge in [0.25, 0.3) is 0 Å². The van der Waals surface area contributed by atoms with Crippen LogP contribution in [0.25, 0.3) is 11.1 Å². The summed E-state index contributed by atoms with van der Waals surface area (Å²) in [5.41, 5.74) is 2.27. The van der Waals surface area contributed by atoms with Crippen LogP contribution < -0.4 is 4.74 Å². The molecule has 0 radical (unpaired) electrons. The second-order valence-corrected chi connectivity index (χ2v) is 4.52. The van der Waals surface area contributed by atoms with Crippen molar-refractivity contribution in [3.63, 3.8) is 0 Å². The molecule has 0 saturated heterocycles. The molecule has 0 amide bonds. The zero-order valence-electron chi connectivity index (χ0n) is 8.88. The van der Waals surface area contributed by atoms with Gasteiger partial charge in [-0.3, -0.25) is 0 Å². The monoisotopic (exact) mass is 248 g/mol. The number of hydrogen-bond acceptors (Lipinski definition) is 3. The highest BCUT2D eigenvalue weighted by molar-refractivity contribution is 8.68. The highest BCUT2D eigenvalue weighted by atomic mass is 33.1. The molecule has 0 fully saturated rings. The molecule has 2 aromatic rings. The SMILES string of the molecule is COc1cc(SS)ccc1-c1ccccc1. The average molecular weight is 248 g/mol. The Bertz CT molecular complexity index is 469. The number of rotatable bonds is 3. The maximum atomic E-state index is 5.39. The molecule has 0 aliphatic carbocycles. The van der Waals surface area contributed by atoms with Gasteiger partial charge in [-0.25, -0.2) is 0 Å². The molecular weight excluding hydrogens is 236 g/mol. The zero-order valence-corrected chi connectivity index (χ0v) is 10.6. The number of benzene rings is 2. The molecule has 1 nitrogen and oxygen atoms in total. The average Bonchev–Trinajstić information content (AvgIpc) is 2.39. The topological polar surface area (TPSA) is 9.23 Å². The van der Waals surface area contributed by atoms with E-state index in [0.717, 1.165) is 21.8 Å². The lowest BCUT2D eigenvalue weighted by Crippen LogP contribution is -1.87. The van der Waals surface area contributed by atoms with E-state index in [1.165, 1.54) is 10.8 Å². The molecule has 3 heteroatoms. The summed E-state index contributed by atoms with van der Waals surface area (Å²) in [6.07, 6.45) is 0. The van der Waals surface area contributed by atoms with Crippen LogP contribution in [0.1, 0.15) is 0 Å². The number of ether oxygens (including phenoxy) is 1. The van der Waals surface area contributed by atoms with Gasteiger partial charge >= 0.3 is 0 Å². The van der Waals surface area contributed by atoms with Gasteiger partial charge in [0, 0.05) is 10.5 Å².